The molecule has 2 aromatic carbocycles. The van der Waals surface area contributed by atoms with Crippen LogP contribution in [0.25, 0.3) is 0 Å². The molecule has 2 fully saturated rings. The van der Waals surface area contributed by atoms with Crippen LogP contribution < -0.4 is 15.0 Å². The molecule has 0 radical (unpaired) electrons. The molecular weight excluding hydrogens is 483 g/mol. The summed E-state index contributed by atoms with van der Waals surface area (Å²) in [5, 5.41) is 1.84. The summed E-state index contributed by atoms with van der Waals surface area (Å²) in [6.45, 7) is -0.505. The van der Waals surface area contributed by atoms with E-state index in [0.717, 1.165) is 4.90 Å². The predicted octanol–water partition coefficient (Wildman–Crippen LogP) is 3.60. The monoisotopic (exact) mass is 504 g/mol. The van der Waals surface area contributed by atoms with E-state index in [1.807, 2.05) is 0 Å². The van der Waals surface area contributed by atoms with Crippen molar-refractivity contribution in [3.63, 3.8) is 0 Å². The lowest BCUT2D eigenvalue weighted by Crippen LogP contribution is -2.34. The standard InChI is InChI=1S/C24H22Cl2N2O6/c1-33-16-7-5-14(6-8-16)27-21(29)12-34-24(32)13-3-2-4-15(9-13)28-22(30)17-10-19(25)20(26)11-18(17)23(28)31/h2-9,17-20H,10-12H2,1H3,(H,27,29)/t17-,18+,19+,20-. The third-order valence-corrected chi connectivity index (χ3v) is 7.05. The van der Waals surface area contributed by atoms with E-state index >= 15 is 0 Å². The average Bonchev–Trinajstić information content (AvgIpc) is 3.07. The second-order valence-electron chi connectivity index (χ2n) is 8.13. The molecule has 0 aromatic heterocycles. The van der Waals surface area contributed by atoms with Gasteiger partial charge in [-0.15, -0.1) is 23.2 Å². The lowest BCUT2D eigenvalue weighted by molar-refractivity contribution is -0.122. The minimum Gasteiger partial charge on any atom is -0.497 e. The molecule has 1 N–H and O–H groups in total. The first-order valence-corrected chi connectivity index (χ1v) is 11.5. The van der Waals surface area contributed by atoms with Crippen LogP contribution >= 0.6 is 23.2 Å². The van der Waals surface area contributed by atoms with Gasteiger partial charge < -0.3 is 14.8 Å². The van der Waals surface area contributed by atoms with E-state index < -0.39 is 30.3 Å². The van der Waals surface area contributed by atoms with E-state index in [2.05, 4.69) is 5.32 Å². The molecule has 1 heterocycles. The topological polar surface area (TPSA) is 102 Å². The molecule has 0 spiro atoms. The Bertz CT molecular complexity index is 1090. The lowest BCUT2D eigenvalue weighted by atomic mass is 9.80. The summed E-state index contributed by atoms with van der Waals surface area (Å²) in [6.07, 6.45) is 0.652. The van der Waals surface area contributed by atoms with Crippen LogP contribution in [0.5, 0.6) is 5.75 Å². The Kier molecular flexibility index (Phi) is 7.09. The van der Waals surface area contributed by atoms with Crippen molar-refractivity contribution in [2.45, 2.75) is 23.6 Å². The Labute approximate surface area is 206 Å². The van der Waals surface area contributed by atoms with Crippen LogP contribution in [0.4, 0.5) is 11.4 Å². The van der Waals surface area contributed by atoms with Crippen LogP contribution in [0.2, 0.25) is 0 Å². The molecular formula is C24H22Cl2N2O6. The number of halogens is 2. The maximum Gasteiger partial charge on any atom is 0.338 e. The number of rotatable bonds is 6. The van der Waals surface area contributed by atoms with Crippen LogP contribution in [0, 0.1) is 11.8 Å². The highest BCUT2D eigenvalue weighted by Gasteiger charge is 2.52. The molecule has 4 rings (SSSR count). The van der Waals surface area contributed by atoms with Crippen LogP contribution in [-0.2, 0) is 19.1 Å². The summed E-state index contributed by atoms with van der Waals surface area (Å²) in [6, 6.07) is 12.7. The lowest BCUT2D eigenvalue weighted by Gasteiger charge is -2.28. The molecule has 10 heteroatoms. The molecule has 8 nitrogen and oxygen atoms in total. The normalized spacial score (nSPS) is 23.9. The van der Waals surface area contributed by atoms with Gasteiger partial charge in [0.2, 0.25) is 11.8 Å². The third kappa shape index (κ3) is 4.88. The molecule has 34 heavy (non-hydrogen) atoms. The molecule has 0 unspecified atom stereocenters. The quantitative estimate of drug-likeness (QED) is 0.366. The van der Waals surface area contributed by atoms with E-state index in [1.165, 1.54) is 19.2 Å². The van der Waals surface area contributed by atoms with Crippen molar-refractivity contribution < 1.29 is 28.7 Å². The van der Waals surface area contributed by atoms with Gasteiger partial charge in [0, 0.05) is 5.69 Å². The van der Waals surface area contributed by atoms with E-state index in [1.54, 1.807) is 36.4 Å². The number of esters is 1. The number of nitrogens with zero attached hydrogens (tertiary/aromatic N) is 1. The number of imide groups is 1. The van der Waals surface area contributed by atoms with Gasteiger partial charge in [-0.3, -0.25) is 19.3 Å². The SMILES string of the molecule is COc1ccc(NC(=O)COC(=O)c2cccc(N3C(=O)[C@H]4C[C@@H](Cl)[C@@H](Cl)C[C@H]4C3=O)c2)cc1. The number of ether oxygens (including phenoxy) is 2. The summed E-state index contributed by atoms with van der Waals surface area (Å²) >= 11 is 12.4. The summed E-state index contributed by atoms with van der Waals surface area (Å²) in [5.74, 6) is -2.39. The van der Waals surface area contributed by atoms with E-state index in [4.69, 9.17) is 32.7 Å². The summed E-state index contributed by atoms with van der Waals surface area (Å²) in [7, 11) is 1.54. The number of benzene rings is 2. The first-order valence-electron chi connectivity index (χ1n) is 10.7. The fourth-order valence-corrected chi connectivity index (χ4v) is 4.80. The highest BCUT2D eigenvalue weighted by atomic mass is 35.5. The van der Waals surface area contributed by atoms with Gasteiger partial charge in [-0.2, -0.15) is 0 Å². The van der Waals surface area contributed by atoms with Crippen LogP contribution in [0.15, 0.2) is 48.5 Å². The maximum atomic E-state index is 12.9. The van der Waals surface area contributed by atoms with Crippen LogP contribution in [-0.4, -0.2) is 48.2 Å². The second kappa shape index (κ2) is 10.0. The van der Waals surface area contributed by atoms with Crippen molar-refractivity contribution >= 4 is 58.3 Å². The highest BCUT2D eigenvalue weighted by Crippen LogP contribution is 2.43. The van der Waals surface area contributed by atoms with Crippen LogP contribution in [0.1, 0.15) is 23.2 Å². The van der Waals surface area contributed by atoms with Gasteiger partial charge in [0.1, 0.15) is 5.75 Å². The maximum absolute atomic E-state index is 12.9. The fourth-order valence-electron chi connectivity index (χ4n) is 4.21. The number of anilines is 2. The average molecular weight is 505 g/mol. The number of hydrogen-bond donors (Lipinski definition) is 1. The summed E-state index contributed by atoms with van der Waals surface area (Å²) in [5.41, 5.74) is 0.893. The third-order valence-electron chi connectivity index (χ3n) is 5.96. The second-order valence-corrected chi connectivity index (χ2v) is 9.25. The van der Waals surface area contributed by atoms with Gasteiger partial charge in [0.15, 0.2) is 6.61 Å². The van der Waals surface area contributed by atoms with Crippen molar-refractivity contribution in [1.82, 2.24) is 0 Å². The Morgan fingerprint density at radius 1 is 1.00 bits per heavy atom. The number of alkyl halides is 2. The van der Waals surface area contributed by atoms with Gasteiger partial charge in [-0.05, 0) is 55.3 Å². The Morgan fingerprint density at radius 2 is 1.62 bits per heavy atom. The molecule has 2 aliphatic rings. The van der Waals surface area contributed by atoms with Gasteiger partial charge in [-0.1, -0.05) is 6.07 Å². The number of fused-ring (bicyclic) bond motifs is 1. The zero-order chi connectivity index (χ0) is 24.4. The van der Waals surface area contributed by atoms with E-state index in [0.29, 0.717) is 24.3 Å². The number of carbonyl (C=O) groups excluding carboxylic acids is 4. The number of methoxy groups -OCH3 is 1. The Balaban J connectivity index is 1.40. The van der Waals surface area contributed by atoms with E-state index in [9.17, 15) is 19.2 Å². The highest BCUT2D eigenvalue weighted by molar-refractivity contribution is 6.31. The molecule has 0 bridgehead atoms. The molecule has 2 aromatic rings. The molecule has 4 atom stereocenters. The molecule has 1 aliphatic carbocycles. The van der Waals surface area contributed by atoms with Gasteiger partial charge in [-0.25, -0.2) is 4.79 Å². The summed E-state index contributed by atoms with van der Waals surface area (Å²) in [4.78, 5) is 51.6. The van der Waals surface area contributed by atoms with Gasteiger partial charge in [0.05, 0.1) is 41.0 Å². The molecule has 178 valence electrons. The van der Waals surface area contributed by atoms with Gasteiger partial charge in [0.25, 0.3) is 5.91 Å². The predicted molar refractivity (Wildman–Crippen MR) is 126 cm³/mol. The number of carbonyl (C=O) groups is 4. The van der Waals surface area contributed by atoms with Crippen molar-refractivity contribution in [3.8, 4) is 5.75 Å². The van der Waals surface area contributed by atoms with Crippen molar-refractivity contribution in [2.24, 2.45) is 11.8 Å². The fraction of sp³-hybridized carbons (Fsp3) is 0.333. The minimum atomic E-state index is -0.759. The number of amides is 3. The van der Waals surface area contributed by atoms with E-state index in [-0.39, 0.29) is 33.8 Å². The zero-order valence-corrected chi connectivity index (χ0v) is 19.7. The molecule has 1 saturated carbocycles. The zero-order valence-electron chi connectivity index (χ0n) is 18.2. The van der Waals surface area contributed by atoms with Crippen molar-refractivity contribution in [1.29, 1.82) is 0 Å². The Morgan fingerprint density at radius 3 is 2.21 bits per heavy atom. The van der Waals surface area contributed by atoms with Gasteiger partial charge >= 0.3 is 5.97 Å². The van der Waals surface area contributed by atoms with Crippen LogP contribution in [0.3, 0.4) is 0 Å². The first-order chi connectivity index (χ1) is 16.3. The smallest absolute Gasteiger partial charge is 0.338 e. The van der Waals surface area contributed by atoms with Crippen molar-refractivity contribution in [3.05, 3.63) is 54.1 Å². The first kappa shape index (κ1) is 24.0. The largest absolute Gasteiger partial charge is 0.497 e. The summed E-state index contributed by atoms with van der Waals surface area (Å²) < 4.78 is 10.2. The minimum absolute atomic E-state index is 0.107. The molecule has 3 amide bonds. The number of nitrogens with one attached hydrogen (secondary N) is 1. The molecule has 1 aliphatic heterocycles. The molecule has 1 saturated heterocycles. The Hall–Kier alpha value is -3.10. The number of hydrogen-bond acceptors (Lipinski definition) is 6. The van der Waals surface area contributed by atoms with Crippen molar-refractivity contribution in [2.75, 3.05) is 23.9 Å².